The second-order valence-electron chi connectivity index (χ2n) is 7.40. The number of aromatic nitrogens is 3. The van der Waals surface area contributed by atoms with Gasteiger partial charge in [-0.2, -0.15) is 5.10 Å². The highest BCUT2D eigenvalue weighted by Crippen LogP contribution is 2.37. The Kier molecular flexibility index (Phi) is 5.44. The second kappa shape index (κ2) is 8.04. The van der Waals surface area contributed by atoms with Gasteiger partial charge in [-0.25, -0.2) is 18.4 Å². The van der Waals surface area contributed by atoms with Crippen molar-refractivity contribution in [2.45, 2.75) is 19.4 Å². The molecule has 0 saturated heterocycles. The van der Waals surface area contributed by atoms with Gasteiger partial charge in [-0.1, -0.05) is 23.7 Å². The molecule has 156 valence electrons. The summed E-state index contributed by atoms with van der Waals surface area (Å²) in [5.41, 5.74) is 0.539. The van der Waals surface area contributed by atoms with E-state index in [4.69, 9.17) is 11.6 Å². The fourth-order valence-corrected chi connectivity index (χ4v) is 3.77. The molecule has 0 fully saturated rings. The average Bonchev–Trinajstić information content (AvgIpc) is 2.92. The fourth-order valence-electron chi connectivity index (χ4n) is 3.60. The Morgan fingerprint density at radius 3 is 2.60 bits per heavy atom. The zero-order valence-electron chi connectivity index (χ0n) is 16.7. The lowest BCUT2D eigenvalue weighted by Gasteiger charge is -2.23. The van der Waals surface area contributed by atoms with E-state index in [2.05, 4.69) is 5.10 Å². The maximum Gasteiger partial charge on any atom is 0.350 e. The SMILES string of the molecule is CN(C)CCCn1nc2n(c1=O)-c1ccc(Cl)cc1N(c1ccccc1F)C(=O)C2. The molecule has 0 unspecified atom stereocenters. The quantitative estimate of drug-likeness (QED) is 0.625. The molecule has 0 spiro atoms. The minimum atomic E-state index is -0.544. The molecule has 7 nitrogen and oxygen atoms in total. The molecular formula is C21H21ClFN5O2. The van der Waals surface area contributed by atoms with Gasteiger partial charge in [0.2, 0.25) is 5.91 Å². The average molecular weight is 430 g/mol. The van der Waals surface area contributed by atoms with E-state index in [9.17, 15) is 14.0 Å². The number of anilines is 2. The molecule has 0 saturated carbocycles. The molecule has 9 heteroatoms. The smallest absolute Gasteiger partial charge is 0.309 e. The van der Waals surface area contributed by atoms with Gasteiger partial charge in [0, 0.05) is 11.6 Å². The van der Waals surface area contributed by atoms with E-state index in [1.54, 1.807) is 30.3 Å². The molecule has 1 amide bonds. The third-order valence-corrected chi connectivity index (χ3v) is 5.19. The number of hydrogen-bond donors (Lipinski definition) is 0. The summed E-state index contributed by atoms with van der Waals surface area (Å²) < 4.78 is 17.4. The predicted molar refractivity (Wildman–Crippen MR) is 113 cm³/mol. The molecule has 0 bridgehead atoms. The van der Waals surface area contributed by atoms with E-state index in [1.165, 1.54) is 26.3 Å². The van der Waals surface area contributed by atoms with Crippen LogP contribution in [0.25, 0.3) is 5.69 Å². The Bertz CT molecular complexity index is 1170. The van der Waals surface area contributed by atoms with Gasteiger partial charge in [-0.3, -0.25) is 9.69 Å². The molecular weight excluding hydrogens is 409 g/mol. The highest BCUT2D eigenvalue weighted by atomic mass is 35.5. The monoisotopic (exact) mass is 429 g/mol. The van der Waals surface area contributed by atoms with E-state index >= 15 is 0 Å². The topological polar surface area (TPSA) is 63.4 Å². The normalized spacial score (nSPS) is 13.4. The van der Waals surface area contributed by atoms with Crippen molar-refractivity contribution in [2.75, 3.05) is 25.5 Å². The first-order valence-electron chi connectivity index (χ1n) is 9.57. The lowest BCUT2D eigenvalue weighted by atomic mass is 10.2. The van der Waals surface area contributed by atoms with Gasteiger partial charge in [0.05, 0.1) is 23.5 Å². The second-order valence-corrected chi connectivity index (χ2v) is 7.84. The van der Waals surface area contributed by atoms with Gasteiger partial charge in [-0.05, 0) is 57.4 Å². The first-order valence-corrected chi connectivity index (χ1v) is 9.95. The molecule has 0 aliphatic carbocycles. The van der Waals surface area contributed by atoms with Gasteiger partial charge in [-0.15, -0.1) is 0 Å². The Morgan fingerprint density at radius 2 is 1.87 bits per heavy atom. The molecule has 1 aliphatic heterocycles. The zero-order chi connectivity index (χ0) is 21.4. The summed E-state index contributed by atoms with van der Waals surface area (Å²) in [5, 5.41) is 4.78. The predicted octanol–water partition coefficient (Wildman–Crippen LogP) is 3.00. The van der Waals surface area contributed by atoms with E-state index in [1.807, 2.05) is 19.0 Å². The molecule has 0 radical (unpaired) electrons. The summed E-state index contributed by atoms with van der Waals surface area (Å²) in [7, 11) is 3.92. The molecule has 3 aromatic rings. The van der Waals surface area contributed by atoms with Crippen LogP contribution >= 0.6 is 11.6 Å². The van der Waals surface area contributed by atoms with Crippen LogP contribution in [0.3, 0.4) is 0 Å². The van der Waals surface area contributed by atoms with E-state index in [0.717, 1.165) is 13.0 Å². The maximum atomic E-state index is 14.6. The summed E-state index contributed by atoms with van der Waals surface area (Å²) in [6, 6.07) is 10.9. The summed E-state index contributed by atoms with van der Waals surface area (Å²) in [5.74, 6) is -0.623. The Labute approximate surface area is 177 Å². The van der Waals surface area contributed by atoms with Gasteiger partial charge < -0.3 is 4.90 Å². The van der Waals surface area contributed by atoms with Crippen LogP contribution in [0.5, 0.6) is 0 Å². The number of benzene rings is 2. The van der Waals surface area contributed by atoms with Crippen molar-refractivity contribution in [1.29, 1.82) is 0 Å². The van der Waals surface area contributed by atoms with Crippen molar-refractivity contribution in [2.24, 2.45) is 0 Å². The third kappa shape index (κ3) is 3.64. The number of carbonyl (C=O) groups is 1. The van der Waals surface area contributed by atoms with Crippen LogP contribution in [-0.2, 0) is 17.8 Å². The van der Waals surface area contributed by atoms with Crippen molar-refractivity contribution < 1.29 is 9.18 Å². The maximum absolute atomic E-state index is 14.6. The van der Waals surface area contributed by atoms with Crippen molar-refractivity contribution in [3.63, 3.8) is 0 Å². The molecule has 2 aromatic carbocycles. The van der Waals surface area contributed by atoms with Crippen molar-refractivity contribution in [1.82, 2.24) is 19.2 Å². The molecule has 0 N–H and O–H groups in total. The van der Waals surface area contributed by atoms with E-state index < -0.39 is 11.7 Å². The van der Waals surface area contributed by atoms with Crippen LogP contribution in [0.15, 0.2) is 47.3 Å². The first kappa shape index (κ1) is 20.3. The number of halogens is 2. The molecule has 1 aromatic heterocycles. The van der Waals surface area contributed by atoms with Gasteiger partial charge in [0.15, 0.2) is 0 Å². The van der Waals surface area contributed by atoms with Gasteiger partial charge >= 0.3 is 5.69 Å². The summed E-state index contributed by atoms with van der Waals surface area (Å²) >= 11 is 6.20. The van der Waals surface area contributed by atoms with E-state index in [0.29, 0.717) is 28.8 Å². The van der Waals surface area contributed by atoms with Crippen LogP contribution < -0.4 is 10.6 Å². The standard InChI is InChI=1S/C21H21ClFN5O2/c1-25(2)10-5-11-26-21(30)28-17-9-8-14(22)12-18(17)27(20(29)13-19(28)24-26)16-7-4-3-6-15(16)23/h3-4,6-9,12H,5,10-11,13H2,1-2H3. The highest BCUT2D eigenvalue weighted by molar-refractivity contribution is 6.31. The Morgan fingerprint density at radius 1 is 1.10 bits per heavy atom. The Hall–Kier alpha value is -2.97. The number of hydrogen-bond acceptors (Lipinski definition) is 4. The number of fused-ring (bicyclic) bond motifs is 3. The Balaban J connectivity index is 1.86. The lowest BCUT2D eigenvalue weighted by Crippen LogP contribution is -2.28. The van der Waals surface area contributed by atoms with Crippen LogP contribution in [0.4, 0.5) is 15.8 Å². The number of carbonyl (C=O) groups excluding carboxylic acids is 1. The van der Waals surface area contributed by atoms with Gasteiger partial charge in [0.1, 0.15) is 11.6 Å². The molecule has 2 heterocycles. The minimum absolute atomic E-state index is 0.100. The van der Waals surface area contributed by atoms with E-state index in [-0.39, 0.29) is 17.8 Å². The molecule has 1 aliphatic rings. The number of nitrogens with zero attached hydrogens (tertiary/aromatic N) is 5. The fraction of sp³-hybridized carbons (Fsp3) is 0.286. The van der Waals surface area contributed by atoms with Crippen LogP contribution in [0, 0.1) is 5.82 Å². The summed E-state index contributed by atoms with van der Waals surface area (Å²) in [6.45, 7) is 1.24. The van der Waals surface area contributed by atoms with Crippen LogP contribution in [0.2, 0.25) is 5.02 Å². The van der Waals surface area contributed by atoms with Crippen LogP contribution in [0.1, 0.15) is 12.2 Å². The zero-order valence-corrected chi connectivity index (χ0v) is 17.4. The summed E-state index contributed by atoms with van der Waals surface area (Å²) in [6.07, 6.45) is 0.600. The number of amides is 1. The first-order chi connectivity index (χ1) is 14.4. The number of rotatable bonds is 5. The molecule has 4 rings (SSSR count). The van der Waals surface area contributed by atoms with Gasteiger partial charge in [0.25, 0.3) is 0 Å². The number of aryl methyl sites for hydroxylation is 1. The third-order valence-electron chi connectivity index (χ3n) is 4.95. The van der Waals surface area contributed by atoms with Crippen molar-refractivity contribution in [3.8, 4) is 5.69 Å². The van der Waals surface area contributed by atoms with Crippen molar-refractivity contribution >= 4 is 28.9 Å². The lowest BCUT2D eigenvalue weighted by molar-refractivity contribution is -0.117. The van der Waals surface area contributed by atoms with Crippen LogP contribution in [-0.4, -0.2) is 45.8 Å². The molecule has 0 atom stereocenters. The minimum Gasteiger partial charge on any atom is -0.309 e. The number of para-hydroxylation sites is 1. The molecule has 30 heavy (non-hydrogen) atoms. The van der Waals surface area contributed by atoms with Crippen molar-refractivity contribution in [3.05, 3.63) is 69.6 Å². The summed E-state index contributed by atoms with van der Waals surface area (Å²) in [4.78, 5) is 29.6. The largest absolute Gasteiger partial charge is 0.350 e. The highest BCUT2D eigenvalue weighted by Gasteiger charge is 2.31.